The minimum absolute atomic E-state index is 0.414. The maximum absolute atomic E-state index is 4.62. The van der Waals surface area contributed by atoms with Crippen molar-refractivity contribution >= 4 is 22.1 Å². The van der Waals surface area contributed by atoms with Crippen molar-refractivity contribution in [1.29, 1.82) is 0 Å². The highest BCUT2D eigenvalue weighted by molar-refractivity contribution is 5.78. The molecule has 6 heteroatoms. The first-order valence-electron chi connectivity index (χ1n) is 10.9. The summed E-state index contributed by atoms with van der Waals surface area (Å²) in [5, 5.41) is 0. The third kappa shape index (κ3) is 4.53. The Morgan fingerprint density at radius 3 is 1.23 bits per heavy atom. The van der Waals surface area contributed by atoms with Gasteiger partial charge < -0.3 is 9.97 Å². The molecule has 160 valence electrons. The maximum atomic E-state index is 4.62. The van der Waals surface area contributed by atoms with Gasteiger partial charge in [-0.15, -0.1) is 0 Å². The molecule has 0 aliphatic heterocycles. The number of fused-ring (bicyclic) bond motifs is 2. The number of rotatable bonds is 4. The molecule has 0 aliphatic carbocycles. The summed E-state index contributed by atoms with van der Waals surface area (Å²) in [7, 11) is 0. The zero-order chi connectivity index (χ0) is 22.0. The van der Waals surface area contributed by atoms with Gasteiger partial charge >= 0.3 is 0 Å². The average molecular weight is 407 g/mol. The van der Waals surface area contributed by atoms with E-state index in [1.165, 1.54) is 0 Å². The third-order valence-electron chi connectivity index (χ3n) is 5.08. The Morgan fingerprint density at radius 1 is 0.567 bits per heavy atom. The molecule has 6 nitrogen and oxygen atoms in total. The van der Waals surface area contributed by atoms with Crippen molar-refractivity contribution in [2.75, 3.05) is 0 Å². The first-order chi connectivity index (χ1) is 14.2. The molecule has 0 saturated carbocycles. The van der Waals surface area contributed by atoms with Crippen molar-refractivity contribution in [2.24, 2.45) is 0 Å². The van der Waals surface area contributed by atoms with Crippen LogP contribution in [0.1, 0.15) is 102 Å². The Labute approximate surface area is 179 Å². The summed E-state index contributed by atoms with van der Waals surface area (Å²) >= 11 is 0. The van der Waals surface area contributed by atoms with Crippen molar-refractivity contribution in [3.8, 4) is 0 Å². The Morgan fingerprint density at radius 2 is 0.933 bits per heavy atom. The molecule has 0 saturated heterocycles. The SMILES string of the molecule is CC(C)c1nc2c(C(C)C)nccc2[nH]1.CC(C)c1nc2c(C(C)C)nccc2[nH]1. The van der Waals surface area contributed by atoms with Gasteiger partial charge in [-0.25, -0.2) is 9.97 Å². The molecule has 0 bridgehead atoms. The van der Waals surface area contributed by atoms with Crippen LogP contribution in [0.3, 0.4) is 0 Å². The first kappa shape index (κ1) is 21.9. The molecule has 4 rings (SSSR count). The van der Waals surface area contributed by atoms with Crippen molar-refractivity contribution in [3.05, 3.63) is 47.6 Å². The van der Waals surface area contributed by atoms with E-state index >= 15 is 0 Å². The number of aromatic amines is 2. The van der Waals surface area contributed by atoms with Gasteiger partial charge in [-0.05, 0) is 24.0 Å². The van der Waals surface area contributed by atoms with Crippen molar-refractivity contribution < 1.29 is 0 Å². The normalized spacial score (nSPS) is 11.9. The summed E-state index contributed by atoms with van der Waals surface area (Å²) in [4.78, 5) is 24.7. The number of H-pyrrole nitrogens is 2. The minimum atomic E-state index is 0.414. The van der Waals surface area contributed by atoms with E-state index in [9.17, 15) is 0 Å². The van der Waals surface area contributed by atoms with E-state index in [1.807, 2.05) is 24.5 Å². The fraction of sp³-hybridized carbons (Fsp3) is 0.500. The molecule has 0 spiro atoms. The second-order valence-electron chi connectivity index (χ2n) is 9.05. The van der Waals surface area contributed by atoms with Gasteiger partial charge in [-0.2, -0.15) is 0 Å². The Balaban J connectivity index is 0.000000171. The van der Waals surface area contributed by atoms with Crippen LogP contribution in [0, 0.1) is 0 Å². The Bertz CT molecular complexity index is 1030. The van der Waals surface area contributed by atoms with Crippen molar-refractivity contribution in [3.63, 3.8) is 0 Å². The van der Waals surface area contributed by atoms with E-state index in [2.05, 4.69) is 85.3 Å². The van der Waals surface area contributed by atoms with Gasteiger partial charge in [0, 0.05) is 24.2 Å². The molecular weight excluding hydrogens is 372 g/mol. The maximum Gasteiger partial charge on any atom is 0.110 e. The summed E-state index contributed by atoms with van der Waals surface area (Å²) in [6.07, 6.45) is 3.69. The lowest BCUT2D eigenvalue weighted by molar-refractivity contribution is 0.795. The standard InChI is InChI=1S/2C12H17N3/c2*1-7(2)10-11-9(5-6-13-10)14-12(15-11)8(3)4/h2*5-8H,1-4H3,(H,14,15). The summed E-state index contributed by atoms with van der Waals surface area (Å²) in [5.74, 6) is 3.77. The van der Waals surface area contributed by atoms with Crippen LogP contribution in [0.2, 0.25) is 0 Å². The Hall–Kier alpha value is -2.76. The van der Waals surface area contributed by atoms with E-state index in [0.717, 1.165) is 45.1 Å². The molecule has 0 radical (unpaired) electrons. The van der Waals surface area contributed by atoms with Crippen LogP contribution in [-0.4, -0.2) is 29.9 Å². The van der Waals surface area contributed by atoms with Crippen LogP contribution >= 0.6 is 0 Å². The van der Waals surface area contributed by atoms with Crippen LogP contribution < -0.4 is 0 Å². The number of hydrogen-bond donors (Lipinski definition) is 2. The monoisotopic (exact) mass is 406 g/mol. The first-order valence-corrected chi connectivity index (χ1v) is 10.9. The van der Waals surface area contributed by atoms with Gasteiger partial charge in [0.25, 0.3) is 0 Å². The number of hydrogen-bond acceptors (Lipinski definition) is 4. The van der Waals surface area contributed by atoms with Gasteiger partial charge in [0.15, 0.2) is 0 Å². The minimum Gasteiger partial charge on any atom is -0.342 e. The smallest absolute Gasteiger partial charge is 0.110 e. The molecule has 4 heterocycles. The lowest BCUT2D eigenvalue weighted by Crippen LogP contribution is -1.93. The predicted molar refractivity (Wildman–Crippen MR) is 124 cm³/mol. The van der Waals surface area contributed by atoms with Gasteiger partial charge in [-0.1, -0.05) is 55.4 Å². The fourth-order valence-electron chi connectivity index (χ4n) is 3.34. The molecule has 0 fully saturated rings. The molecule has 4 aromatic heterocycles. The van der Waals surface area contributed by atoms with Crippen LogP contribution in [0.4, 0.5) is 0 Å². The fourth-order valence-corrected chi connectivity index (χ4v) is 3.34. The van der Waals surface area contributed by atoms with Crippen LogP contribution in [-0.2, 0) is 0 Å². The number of nitrogens with one attached hydrogen (secondary N) is 2. The number of pyridine rings is 2. The Kier molecular flexibility index (Phi) is 6.54. The van der Waals surface area contributed by atoms with Crippen molar-refractivity contribution in [1.82, 2.24) is 29.9 Å². The van der Waals surface area contributed by atoms with Crippen LogP contribution in [0.15, 0.2) is 24.5 Å². The molecule has 2 N–H and O–H groups in total. The van der Waals surface area contributed by atoms with E-state index in [-0.39, 0.29) is 0 Å². The summed E-state index contributed by atoms with van der Waals surface area (Å²) in [6, 6.07) is 3.97. The van der Waals surface area contributed by atoms with Gasteiger partial charge in [0.1, 0.15) is 22.7 Å². The van der Waals surface area contributed by atoms with Crippen LogP contribution in [0.25, 0.3) is 22.1 Å². The van der Waals surface area contributed by atoms with Gasteiger partial charge in [0.05, 0.1) is 22.4 Å². The highest BCUT2D eigenvalue weighted by Gasteiger charge is 2.13. The second kappa shape index (κ2) is 8.94. The topological polar surface area (TPSA) is 83.1 Å². The van der Waals surface area contributed by atoms with E-state index in [4.69, 9.17) is 0 Å². The summed E-state index contributed by atoms with van der Waals surface area (Å²) in [5.41, 5.74) is 6.40. The third-order valence-corrected chi connectivity index (χ3v) is 5.08. The van der Waals surface area contributed by atoms with Gasteiger partial charge in [-0.3, -0.25) is 9.97 Å². The number of nitrogens with zero attached hydrogens (tertiary/aromatic N) is 4. The zero-order valence-corrected chi connectivity index (χ0v) is 19.4. The largest absolute Gasteiger partial charge is 0.342 e. The molecule has 0 aliphatic rings. The summed E-state index contributed by atoms with van der Waals surface area (Å²) in [6.45, 7) is 17.1. The highest BCUT2D eigenvalue weighted by Crippen LogP contribution is 2.24. The number of imidazole rings is 2. The van der Waals surface area contributed by atoms with Crippen LogP contribution in [0.5, 0.6) is 0 Å². The zero-order valence-electron chi connectivity index (χ0n) is 19.4. The van der Waals surface area contributed by atoms with Gasteiger partial charge in [0.2, 0.25) is 0 Å². The molecular formula is C24H34N6. The van der Waals surface area contributed by atoms with E-state index < -0.39 is 0 Å². The summed E-state index contributed by atoms with van der Waals surface area (Å²) < 4.78 is 0. The molecule has 0 aromatic carbocycles. The lowest BCUT2D eigenvalue weighted by Gasteiger charge is -2.03. The van der Waals surface area contributed by atoms with E-state index in [1.54, 1.807) is 0 Å². The quantitative estimate of drug-likeness (QED) is 0.410. The number of aromatic nitrogens is 6. The van der Waals surface area contributed by atoms with Crippen molar-refractivity contribution in [2.45, 2.75) is 79.1 Å². The second-order valence-corrected chi connectivity index (χ2v) is 9.05. The average Bonchev–Trinajstić information content (AvgIpc) is 3.32. The molecule has 0 amide bonds. The lowest BCUT2D eigenvalue weighted by atomic mass is 10.1. The molecule has 4 aromatic rings. The molecule has 30 heavy (non-hydrogen) atoms. The van der Waals surface area contributed by atoms with E-state index in [0.29, 0.717) is 23.7 Å². The molecule has 0 unspecified atom stereocenters. The highest BCUT2D eigenvalue weighted by atomic mass is 14.9. The molecule has 0 atom stereocenters. The predicted octanol–water partition coefficient (Wildman–Crippen LogP) is 6.41.